The van der Waals surface area contributed by atoms with E-state index in [4.69, 9.17) is 135 Å². The molecule has 36 nitrogen and oxygen atoms in total. The van der Waals surface area contributed by atoms with Crippen LogP contribution in [0.1, 0.15) is 0 Å². The van der Waals surface area contributed by atoms with Gasteiger partial charge < -0.3 is 156 Å². The van der Waals surface area contributed by atoms with Crippen molar-refractivity contribution in [3.05, 3.63) is 0 Å². The summed E-state index contributed by atoms with van der Waals surface area (Å²) in [5.74, 6) is 0. The maximum absolute atomic E-state index is 8.77. The molecule has 48 heavy (non-hydrogen) atoms. The summed E-state index contributed by atoms with van der Waals surface area (Å²) in [6.07, 6.45) is 0. The molecule has 0 aromatic rings. The molecule has 0 aromatic carbocycles. The first-order valence-corrected chi connectivity index (χ1v) is 16.0. The Hall–Kier alpha value is 3.48. The molecule has 0 saturated heterocycles. The molecule has 0 aliphatic heterocycles. The van der Waals surface area contributed by atoms with Crippen molar-refractivity contribution in [3.8, 4) is 0 Å². The second-order valence-electron chi connectivity index (χ2n) is 3.39. The monoisotopic (exact) mass is 958 g/mol. The SMILES string of the molecule is O.O.O.O.O.O.O.O=P([O-])(O)O.O=P([O-])(O)O.O=P([O-])(O)O.O=P([O-])(O)O.O=P([O-])(O)O.O=P([O-])([O-])O.O=P([O-])([O-])O.P.[Al+3].[Al+3].[Al+3].[Na+].[OH-]. The molecule has 0 rings (SSSR count). The first-order chi connectivity index (χ1) is 14.0. The summed E-state index contributed by atoms with van der Waals surface area (Å²) in [7, 11) is -34.7. The molecule has 0 radical (unpaired) electrons. The average molecular weight is 958 g/mol. The van der Waals surface area contributed by atoms with Crippen LogP contribution in [0.2, 0.25) is 0 Å². The van der Waals surface area contributed by atoms with Gasteiger partial charge in [-0.15, -0.1) is 0 Å². The predicted octanol–water partition coefficient (Wildman–Crippen LogP) is -22.2. The molecule has 0 aliphatic rings. The van der Waals surface area contributed by atoms with Crippen LogP contribution in [0, 0.1) is 0 Å². The number of rotatable bonds is 0. The molecule has 0 aromatic heterocycles. The van der Waals surface area contributed by atoms with E-state index in [0.29, 0.717) is 0 Å². The van der Waals surface area contributed by atoms with Gasteiger partial charge in [0, 0.05) is 0 Å². The molecule has 0 spiro atoms. The summed E-state index contributed by atoms with van der Waals surface area (Å²) >= 11 is 0. The third-order valence-electron chi connectivity index (χ3n) is 0. The molecule has 0 saturated carbocycles. The zero-order chi connectivity index (χ0) is 31.5. The summed E-state index contributed by atoms with van der Waals surface area (Å²) < 4.78 is 61.2. The molecule has 1 unspecified atom stereocenters. The maximum atomic E-state index is 8.77. The predicted molar refractivity (Wildman–Crippen MR) is 135 cm³/mol. The van der Waals surface area contributed by atoms with E-state index in [1.54, 1.807) is 0 Å². The average Bonchev–Trinajstić information content (AvgIpc) is 2.06. The molecular formula is H30Al3NaO36P8. The summed E-state index contributed by atoms with van der Waals surface area (Å²) in [6, 6.07) is 0. The minimum absolute atomic E-state index is 0. The Bertz CT molecular complexity index is 573. The molecule has 48 heteroatoms. The van der Waals surface area contributed by atoms with Crippen molar-refractivity contribution in [1.82, 2.24) is 0 Å². The molecule has 0 amide bonds. The zero-order valence-corrected chi connectivity index (χ0v) is 35.6. The van der Waals surface area contributed by atoms with Gasteiger partial charge in [-0.1, -0.05) is 0 Å². The van der Waals surface area contributed by atoms with E-state index in [1.807, 2.05) is 0 Å². The van der Waals surface area contributed by atoms with Crippen LogP contribution in [-0.2, 0) is 32.0 Å². The van der Waals surface area contributed by atoms with E-state index in [9.17, 15) is 0 Å². The molecule has 0 bridgehead atoms. The van der Waals surface area contributed by atoms with E-state index in [-0.39, 0.29) is 135 Å². The van der Waals surface area contributed by atoms with E-state index < -0.39 is 54.8 Å². The third kappa shape index (κ3) is 9620. The van der Waals surface area contributed by atoms with Crippen molar-refractivity contribution >= 4 is 117 Å². The van der Waals surface area contributed by atoms with Crippen LogP contribution in [-0.4, -0.2) is 155 Å². The minimum atomic E-state index is -5.14. The second kappa shape index (κ2) is 59.7. The topological polar surface area (TPSA) is 820 Å². The van der Waals surface area contributed by atoms with E-state index in [2.05, 4.69) is 0 Å². The smallest absolute Gasteiger partial charge is 0.870 e. The number of phosphoric acid groups is 7. The van der Waals surface area contributed by atoms with E-state index in [1.165, 1.54) is 0 Å². The van der Waals surface area contributed by atoms with E-state index >= 15 is 0 Å². The van der Waals surface area contributed by atoms with Crippen molar-refractivity contribution in [2.75, 3.05) is 0 Å². The fourth-order valence-electron chi connectivity index (χ4n) is 0. The van der Waals surface area contributed by atoms with Gasteiger partial charge in [-0.3, -0.25) is 22.8 Å². The fraction of sp³-hybridized carbons (Fsp3) is 0. The van der Waals surface area contributed by atoms with Crippen molar-refractivity contribution in [2.45, 2.75) is 0 Å². The van der Waals surface area contributed by atoms with Gasteiger partial charge in [0.1, 0.15) is 0 Å². The van der Waals surface area contributed by atoms with Crippen LogP contribution in [0.5, 0.6) is 0 Å². The van der Waals surface area contributed by atoms with Gasteiger partial charge in [0.2, 0.25) is 0 Å². The Morgan fingerprint density at radius 1 is 0.292 bits per heavy atom. The molecule has 296 valence electrons. The van der Waals surface area contributed by atoms with Crippen molar-refractivity contribution < 1.29 is 208 Å². The summed E-state index contributed by atoms with van der Waals surface area (Å²) in [5.41, 5.74) is 0. The van der Waals surface area contributed by atoms with Gasteiger partial charge in [0.15, 0.2) is 0 Å². The van der Waals surface area contributed by atoms with Gasteiger partial charge in [-0.25, -0.2) is 0 Å². The second-order valence-corrected chi connectivity index (χ2v) is 10.2. The third-order valence-corrected chi connectivity index (χ3v) is 0. The summed E-state index contributed by atoms with van der Waals surface area (Å²) in [5, 5.41) is 0. The number of hydrogen-bond donors (Lipinski definition) is 12. The van der Waals surface area contributed by atoms with Crippen LogP contribution in [0.25, 0.3) is 0 Å². The quantitative estimate of drug-likeness (QED) is 0.0792. The first kappa shape index (κ1) is 132. The molecule has 0 aliphatic carbocycles. The largest absolute Gasteiger partial charge is 3.00 e. The molecule has 0 fully saturated rings. The van der Waals surface area contributed by atoms with Gasteiger partial charge in [0.05, 0.1) is 15.6 Å². The first-order valence-electron chi connectivity index (χ1n) is 5.32. The molecule has 27 N–H and O–H groups in total. The zero-order valence-electron chi connectivity index (χ0n) is 22.4. The Balaban J connectivity index is -0.0000000101. The van der Waals surface area contributed by atoms with Crippen LogP contribution >= 0.6 is 64.7 Å². The van der Waals surface area contributed by atoms with Crippen LogP contribution in [0.15, 0.2) is 0 Å². The summed E-state index contributed by atoms with van der Waals surface area (Å²) in [4.78, 5) is 163. The van der Waals surface area contributed by atoms with Crippen molar-refractivity contribution in [2.24, 2.45) is 0 Å². The Morgan fingerprint density at radius 2 is 0.292 bits per heavy atom. The summed E-state index contributed by atoms with van der Waals surface area (Å²) in [6.45, 7) is 0. The van der Waals surface area contributed by atoms with Crippen LogP contribution in [0.3, 0.4) is 0 Å². The molecule has 0 heterocycles. The van der Waals surface area contributed by atoms with Crippen LogP contribution in [0.4, 0.5) is 0 Å². The molecule has 1 atom stereocenters. The maximum Gasteiger partial charge on any atom is 3.00 e. The van der Waals surface area contributed by atoms with Crippen LogP contribution < -0.4 is 73.6 Å². The Morgan fingerprint density at radius 3 is 0.292 bits per heavy atom. The van der Waals surface area contributed by atoms with E-state index in [0.717, 1.165) is 0 Å². The van der Waals surface area contributed by atoms with Gasteiger partial charge in [-0.2, -0.15) is 9.90 Å². The van der Waals surface area contributed by atoms with Crippen molar-refractivity contribution in [3.63, 3.8) is 0 Å². The minimum Gasteiger partial charge on any atom is -0.870 e. The molecular weight excluding hydrogens is 928 g/mol. The normalized spacial score (nSPS) is 8.60. The van der Waals surface area contributed by atoms with Crippen molar-refractivity contribution in [1.29, 1.82) is 0 Å². The van der Waals surface area contributed by atoms with Gasteiger partial charge in [-0.05, 0) is 0 Å². The fourth-order valence-corrected chi connectivity index (χ4v) is 0. The van der Waals surface area contributed by atoms with Gasteiger partial charge >= 0.3 is 81.6 Å². The Kier molecular flexibility index (Phi) is 165. The Labute approximate surface area is 323 Å². The van der Waals surface area contributed by atoms with Gasteiger partial charge in [0.25, 0.3) is 39.1 Å². The number of hydrogen-bond acceptors (Lipinski definition) is 17. The standard InChI is InChI=1S/3Al.Na.7H3O4P.8H2O.H3P/c;;;;7*1-5(2,3)4;;;;;;;;;/h;;;;7*(H3,1,2,3,4);8*1H2;1H3/q3*+3;+1;;;;;;;;;;;;;;;;/p-10.